The number of benzene rings is 4. The number of anilines is 2. The Morgan fingerprint density at radius 1 is 0.803 bits per heavy atom. The molecule has 4 aromatic carbocycles. The zero-order valence-electron chi connectivity index (χ0n) is 33.4. The zero-order valence-corrected chi connectivity index (χ0v) is 38.2. The average molecular weight is 986 g/mol. The van der Waals surface area contributed by atoms with Crippen LogP contribution in [0.25, 0.3) is 10.6 Å². The molecule has 1 heterocycles. The van der Waals surface area contributed by atoms with Gasteiger partial charge in [0.1, 0.15) is 16.5 Å². The number of carbonyl (C=O) groups excluding carboxylic acids is 3. The lowest BCUT2D eigenvalue weighted by molar-refractivity contribution is -0.162. The number of halogens is 5. The summed E-state index contributed by atoms with van der Waals surface area (Å²) < 4.78 is 69.0. The third-order valence-electron chi connectivity index (χ3n) is 8.32. The molecule has 0 aliphatic carbocycles. The summed E-state index contributed by atoms with van der Waals surface area (Å²) in [4.78, 5) is 48.6. The molecule has 1 aromatic heterocycles. The van der Waals surface area contributed by atoms with Gasteiger partial charge >= 0.3 is 31.2 Å². The van der Waals surface area contributed by atoms with Crippen LogP contribution in [0.4, 0.5) is 19.6 Å². The first kappa shape index (κ1) is 47.6. The Labute approximate surface area is 372 Å². The van der Waals surface area contributed by atoms with E-state index < -0.39 is 61.1 Å². The molecule has 0 saturated heterocycles. The topological polar surface area (TPSA) is 164 Å². The van der Waals surface area contributed by atoms with E-state index in [0.29, 0.717) is 43.5 Å². The molecule has 61 heavy (non-hydrogen) atoms. The normalized spacial score (nSPS) is 12.9. The Balaban J connectivity index is 1.34. The Hall–Kier alpha value is -4.48. The number of nitrogens with zero attached hydrogens (tertiary/aromatic N) is 3. The van der Waals surface area contributed by atoms with Crippen LogP contribution in [0.1, 0.15) is 63.0 Å². The molecule has 20 heteroatoms. The van der Waals surface area contributed by atoms with Gasteiger partial charge in [-0.15, -0.1) is 10.2 Å². The highest BCUT2D eigenvalue weighted by molar-refractivity contribution is 9.10. The Kier molecular flexibility index (Phi) is 15.0. The van der Waals surface area contributed by atoms with Gasteiger partial charge in [0, 0.05) is 21.3 Å². The monoisotopic (exact) mass is 983 g/mol. The molecule has 0 spiro atoms. The quantitative estimate of drug-likeness (QED) is 0.0599. The van der Waals surface area contributed by atoms with Crippen molar-refractivity contribution in [3.05, 3.63) is 116 Å². The molecule has 5 rings (SSSR count). The highest BCUT2D eigenvalue weighted by atomic mass is 79.9. The van der Waals surface area contributed by atoms with Gasteiger partial charge in [0.15, 0.2) is 0 Å². The zero-order chi connectivity index (χ0) is 44.9. The van der Waals surface area contributed by atoms with Crippen molar-refractivity contribution in [3.63, 3.8) is 0 Å². The predicted octanol–water partition coefficient (Wildman–Crippen LogP) is 11.9. The fourth-order valence-electron chi connectivity index (χ4n) is 5.00. The summed E-state index contributed by atoms with van der Waals surface area (Å²) in [5.41, 5.74) is -5.18. The van der Waals surface area contributed by atoms with Gasteiger partial charge in [0.25, 0.3) is 0 Å². The summed E-state index contributed by atoms with van der Waals surface area (Å²) in [6.45, 7) is 7.95. The lowest BCUT2D eigenvalue weighted by Gasteiger charge is -2.25. The largest absolute Gasteiger partial charge is 0.457 e. The molecule has 324 valence electrons. The molecular formula is C41H39BrCl2F2N3O10PS. The highest BCUT2D eigenvalue weighted by Crippen LogP contribution is 2.64. The second-order valence-electron chi connectivity index (χ2n) is 15.3. The van der Waals surface area contributed by atoms with Crippen molar-refractivity contribution in [2.45, 2.75) is 53.8 Å². The van der Waals surface area contributed by atoms with Crippen molar-refractivity contribution in [2.75, 3.05) is 18.5 Å². The van der Waals surface area contributed by atoms with Crippen LogP contribution in [0.2, 0.25) is 10.0 Å². The van der Waals surface area contributed by atoms with E-state index in [1.54, 1.807) is 80.3 Å². The molecule has 0 fully saturated rings. The number of carbonyl (C=O) groups is 3. The van der Waals surface area contributed by atoms with Gasteiger partial charge in [-0.3, -0.25) is 18.7 Å². The molecule has 0 aliphatic heterocycles. The van der Waals surface area contributed by atoms with Crippen LogP contribution in [0.15, 0.2) is 89.4 Å². The smallest absolute Gasteiger partial charge is 0.404 e. The fraction of sp³-hybridized carbons (Fsp3) is 0.293. The molecule has 0 saturated carbocycles. The van der Waals surface area contributed by atoms with Crippen LogP contribution in [0.3, 0.4) is 0 Å². The third kappa shape index (κ3) is 12.1. The standard InChI is InChI=1S/C41H39BrCl2F2N3O10PS/c1-39(2,3)36(51)56-22-55-35(50)26-10-8-12-29(19-26)59-28-11-7-9-25(18-28)34-47-48-38(61-34)49(27-14-16-32(43)33(44)20-27)21-24-13-15-30(31(42)17-24)41(45,46)60(53,54)58-23-57-37(52)40(4,5)6/h7-20H,21-23H2,1-6H3,(H,53,54). The number of hydrogen-bond acceptors (Lipinski definition) is 13. The first-order valence-corrected chi connectivity index (χ1v) is 22.0. The van der Waals surface area contributed by atoms with Crippen molar-refractivity contribution in [3.8, 4) is 22.1 Å². The summed E-state index contributed by atoms with van der Waals surface area (Å²) in [6, 6.07) is 21.8. The van der Waals surface area contributed by atoms with E-state index in [0.717, 1.165) is 6.07 Å². The number of ether oxygens (including phenoxy) is 4. The SMILES string of the molecule is CC(C)(C)C(=O)OCOC(=O)c1cccc(Oc2cccc(-c3nnc(N(Cc4ccc(C(F)(F)P(=O)(O)OCOC(=O)C(C)(C)C)c(Br)c4)c4ccc(Cl)c(Cl)c4)s3)c2)c1. The fourth-order valence-corrected chi connectivity index (χ4v) is 7.84. The molecule has 0 radical (unpaired) electrons. The number of hydrogen-bond donors (Lipinski definition) is 1. The minimum atomic E-state index is -5.70. The number of rotatable bonds is 15. The van der Waals surface area contributed by atoms with E-state index in [4.69, 9.17) is 42.1 Å². The second kappa shape index (κ2) is 19.3. The van der Waals surface area contributed by atoms with Gasteiger partial charge in [-0.25, -0.2) is 4.79 Å². The van der Waals surface area contributed by atoms with Crippen molar-refractivity contribution in [2.24, 2.45) is 10.8 Å². The van der Waals surface area contributed by atoms with E-state index in [-0.39, 0.29) is 21.6 Å². The van der Waals surface area contributed by atoms with Gasteiger partial charge in [0.05, 0.1) is 33.0 Å². The average Bonchev–Trinajstić information content (AvgIpc) is 3.67. The van der Waals surface area contributed by atoms with Crippen LogP contribution in [-0.4, -0.2) is 46.6 Å². The molecule has 0 bridgehead atoms. The number of aromatic nitrogens is 2. The van der Waals surface area contributed by atoms with E-state index >= 15 is 8.78 Å². The van der Waals surface area contributed by atoms with Crippen molar-refractivity contribution >= 4 is 86.8 Å². The summed E-state index contributed by atoms with van der Waals surface area (Å²) in [5.74, 6) is -1.30. The first-order chi connectivity index (χ1) is 28.5. The number of esters is 3. The lowest BCUT2D eigenvalue weighted by Crippen LogP contribution is -2.25. The third-order valence-corrected chi connectivity index (χ3v) is 12.1. The van der Waals surface area contributed by atoms with Gasteiger partial charge in [-0.1, -0.05) is 80.8 Å². The van der Waals surface area contributed by atoms with Crippen molar-refractivity contribution < 1.29 is 56.1 Å². The van der Waals surface area contributed by atoms with E-state index in [9.17, 15) is 23.8 Å². The summed E-state index contributed by atoms with van der Waals surface area (Å²) in [5, 5.41) is 10.2. The molecule has 13 nitrogen and oxygen atoms in total. The van der Waals surface area contributed by atoms with Crippen LogP contribution >= 0.6 is 58.1 Å². The van der Waals surface area contributed by atoms with Crippen LogP contribution in [0.5, 0.6) is 11.5 Å². The molecule has 1 unspecified atom stereocenters. The van der Waals surface area contributed by atoms with E-state index in [1.807, 2.05) is 0 Å². The van der Waals surface area contributed by atoms with Crippen molar-refractivity contribution in [1.82, 2.24) is 10.2 Å². The molecule has 0 amide bonds. The maximum atomic E-state index is 15.5. The van der Waals surface area contributed by atoms with E-state index in [2.05, 4.69) is 30.7 Å². The van der Waals surface area contributed by atoms with Gasteiger partial charge in [-0.2, -0.15) is 8.78 Å². The molecule has 5 aromatic rings. The second-order valence-corrected chi connectivity index (χ2v) is 19.8. The molecule has 1 N–H and O–H groups in total. The van der Waals surface area contributed by atoms with E-state index in [1.165, 1.54) is 56.4 Å². The van der Waals surface area contributed by atoms with Gasteiger partial charge in [-0.05, 0) is 102 Å². The Morgan fingerprint density at radius 2 is 1.44 bits per heavy atom. The Morgan fingerprint density at radius 3 is 2.08 bits per heavy atom. The van der Waals surface area contributed by atoms with Crippen molar-refractivity contribution in [1.29, 1.82) is 0 Å². The Bertz CT molecular complexity index is 2480. The minimum absolute atomic E-state index is 0.0357. The van der Waals surface area contributed by atoms with Crippen LogP contribution in [0, 0.1) is 10.8 Å². The number of alkyl halides is 2. The molecule has 0 aliphatic rings. The maximum Gasteiger partial charge on any atom is 0.404 e. The molecule has 1 atom stereocenters. The highest BCUT2D eigenvalue weighted by Gasteiger charge is 2.54. The molecular weight excluding hydrogens is 946 g/mol. The van der Waals surface area contributed by atoms with Crippen LogP contribution in [-0.2, 0) is 45.1 Å². The minimum Gasteiger partial charge on any atom is -0.457 e. The summed E-state index contributed by atoms with van der Waals surface area (Å²) >= 11 is 16.9. The van der Waals surface area contributed by atoms with Gasteiger partial charge in [0.2, 0.25) is 18.7 Å². The maximum absolute atomic E-state index is 15.5. The first-order valence-electron chi connectivity index (χ1n) is 18.1. The van der Waals surface area contributed by atoms with Crippen LogP contribution < -0.4 is 9.64 Å². The van der Waals surface area contributed by atoms with Gasteiger partial charge < -0.3 is 28.7 Å². The predicted molar refractivity (Wildman–Crippen MR) is 229 cm³/mol. The lowest BCUT2D eigenvalue weighted by atomic mass is 9.97. The summed E-state index contributed by atoms with van der Waals surface area (Å²) in [6.07, 6.45) is 0. The summed E-state index contributed by atoms with van der Waals surface area (Å²) in [7, 11) is -5.70.